The third-order valence-corrected chi connectivity index (χ3v) is 4.04. The molecule has 0 saturated carbocycles. The number of nitrogens with zero attached hydrogens (tertiary/aromatic N) is 2. The van der Waals surface area contributed by atoms with Gasteiger partial charge in [-0.15, -0.1) is 0 Å². The van der Waals surface area contributed by atoms with E-state index < -0.39 is 0 Å². The first-order valence-corrected chi connectivity index (χ1v) is 8.83. The van der Waals surface area contributed by atoms with Crippen molar-refractivity contribution in [1.29, 1.82) is 0 Å². The highest BCUT2D eigenvalue weighted by atomic mass is 35.5. The zero-order valence-electron chi connectivity index (χ0n) is 15.0. The van der Waals surface area contributed by atoms with Crippen molar-refractivity contribution in [3.05, 3.63) is 71.0 Å². The van der Waals surface area contributed by atoms with Crippen LogP contribution >= 0.6 is 11.6 Å². The smallest absolute Gasteiger partial charge is 0.340 e. The summed E-state index contributed by atoms with van der Waals surface area (Å²) in [6, 6.07) is 14.5. The first-order valence-electron chi connectivity index (χ1n) is 8.45. The Balaban J connectivity index is 1.82. The molecule has 0 saturated heterocycles. The Morgan fingerprint density at radius 2 is 1.74 bits per heavy atom. The predicted molar refractivity (Wildman–Crippen MR) is 107 cm³/mol. The van der Waals surface area contributed by atoms with E-state index >= 15 is 0 Å². The van der Waals surface area contributed by atoms with Crippen LogP contribution in [0.4, 0.5) is 23.0 Å². The summed E-state index contributed by atoms with van der Waals surface area (Å²) in [6.45, 7) is 4.05. The maximum atomic E-state index is 12.1. The van der Waals surface area contributed by atoms with Gasteiger partial charge in [0.2, 0.25) is 0 Å². The average molecular weight is 383 g/mol. The second-order valence-corrected chi connectivity index (χ2v) is 6.20. The second kappa shape index (κ2) is 8.51. The minimum absolute atomic E-state index is 0.315. The minimum Gasteiger partial charge on any atom is -0.462 e. The van der Waals surface area contributed by atoms with Gasteiger partial charge in [0.25, 0.3) is 0 Å². The Kier molecular flexibility index (Phi) is 5.88. The standard InChI is InChI=1S/C20H19ClN4O2/c1-3-27-20(26)15-6-4-5-7-17(15)25-19-11-18(22-12-23-19)24-16-9-8-14(21)10-13(16)2/h4-12H,3H2,1-2H3,(H2,22,23,24,25). The summed E-state index contributed by atoms with van der Waals surface area (Å²) >= 11 is 6.00. The van der Waals surface area contributed by atoms with Gasteiger partial charge in [-0.2, -0.15) is 0 Å². The maximum absolute atomic E-state index is 12.1. The van der Waals surface area contributed by atoms with Crippen molar-refractivity contribution in [2.75, 3.05) is 17.2 Å². The van der Waals surface area contributed by atoms with Crippen molar-refractivity contribution in [3.63, 3.8) is 0 Å². The lowest BCUT2D eigenvalue weighted by atomic mass is 10.2. The summed E-state index contributed by atoms with van der Waals surface area (Å²) < 4.78 is 5.10. The number of carbonyl (C=O) groups excluding carboxylic acids is 1. The summed E-state index contributed by atoms with van der Waals surface area (Å²) in [4.78, 5) is 20.6. The van der Waals surface area contributed by atoms with E-state index in [-0.39, 0.29) is 5.97 Å². The average Bonchev–Trinajstić information content (AvgIpc) is 2.65. The first-order chi connectivity index (χ1) is 13.1. The molecule has 0 unspecified atom stereocenters. The quantitative estimate of drug-likeness (QED) is 0.577. The van der Waals surface area contributed by atoms with Crippen LogP contribution in [-0.4, -0.2) is 22.5 Å². The van der Waals surface area contributed by atoms with Crippen molar-refractivity contribution in [1.82, 2.24) is 9.97 Å². The molecule has 3 aromatic rings. The number of halogens is 1. The monoisotopic (exact) mass is 382 g/mol. The molecule has 1 aromatic heterocycles. The molecule has 27 heavy (non-hydrogen) atoms. The zero-order chi connectivity index (χ0) is 19.2. The lowest BCUT2D eigenvalue weighted by molar-refractivity contribution is 0.0527. The van der Waals surface area contributed by atoms with Crippen molar-refractivity contribution >= 4 is 40.6 Å². The minimum atomic E-state index is -0.384. The van der Waals surface area contributed by atoms with Crippen LogP contribution in [0.25, 0.3) is 0 Å². The Labute approximate surface area is 162 Å². The fourth-order valence-corrected chi connectivity index (χ4v) is 2.74. The van der Waals surface area contributed by atoms with E-state index in [2.05, 4.69) is 20.6 Å². The van der Waals surface area contributed by atoms with Gasteiger partial charge in [-0.05, 0) is 49.7 Å². The van der Waals surface area contributed by atoms with Gasteiger partial charge in [-0.1, -0.05) is 23.7 Å². The summed E-state index contributed by atoms with van der Waals surface area (Å²) in [5.41, 5.74) is 2.96. The van der Waals surface area contributed by atoms with Gasteiger partial charge >= 0.3 is 5.97 Å². The molecule has 0 aliphatic heterocycles. The molecule has 1 heterocycles. The number of aryl methyl sites for hydroxylation is 1. The Morgan fingerprint density at radius 3 is 2.44 bits per heavy atom. The molecule has 7 heteroatoms. The van der Waals surface area contributed by atoms with E-state index in [0.29, 0.717) is 34.5 Å². The number of aromatic nitrogens is 2. The summed E-state index contributed by atoms with van der Waals surface area (Å²) in [7, 11) is 0. The molecule has 3 rings (SSSR count). The number of benzene rings is 2. The molecule has 138 valence electrons. The third-order valence-electron chi connectivity index (χ3n) is 3.80. The van der Waals surface area contributed by atoms with E-state index in [1.807, 2.05) is 31.2 Å². The molecular weight excluding hydrogens is 364 g/mol. The molecule has 6 nitrogen and oxygen atoms in total. The van der Waals surface area contributed by atoms with Gasteiger partial charge in [-0.25, -0.2) is 14.8 Å². The van der Waals surface area contributed by atoms with Crippen LogP contribution in [-0.2, 0) is 4.74 Å². The fraction of sp³-hybridized carbons (Fsp3) is 0.150. The number of ether oxygens (including phenoxy) is 1. The summed E-state index contributed by atoms with van der Waals surface area (Å²) in [5, 5.41) is 7.07. The number of carbonyl (C=O) groups is 1. The van der Waals surface area contributed by atoms with Crippen molar-refractivity contribution in [2.45, 2.75) is 13.8 Å². The number of esters is 1. The van der Waals surface area contributed by atoms with Crippen LogP contribution in [0.3, 0.4) is 0 Å². The summed E-state index contributed by atoms with van der Waals surface area (Å²) in [6.07, 6.45) is 1.45. The molecule has 0 spiro atoms. The molecule has 0 bridgehead atoms. The highest BCUT2D eigenvalue weighted by molar-refractivity contribution is 6.30. The summed E-state index contributed by atoms with van der Waals surface area (Å²) in [5.74, 6) is 0.784. The van der Waals surface area contributed by atoms with Crippen molar-refractivity contribution < 1.29 is 9.53 Å². The first kappa shape index (κ1) is 18.7. The lowest BCUT2D eigenvalue weighted by Gasteiger charge is -2.12. The molecule has 2 N–H and O–H groups in total. The van der Waals surface area contributed by atoms with Gasteiger partial charge in [0.1, 0.15) is 18.0 Å². The lowest BCUT2D eigenvalue weighted by Crippen LogP contribution is -2.08. The predicted octanol–water partition coefficient (Wildman–Crippen LogP) is 5.10. The zero-order valence-corrected chi connectivity index (χ0v) is 15.7. The van der Waals surface area contributed by atoms with Crippen LogP contribution in [0, 0.1) is 6.92 Å². The topological polar surface area (TPSA) is 76.1 Å². The Bertz CT molecular complexity index is 962. The van der Waals surface area contributed by atoms with Gasteiger partial charge in [0.15, 0.2) is 0 Å². The molecule has 2 aromatic carbocycles. The number of para-hydroxylation sites is 1. The van der Waals surface area contributed by atoms with Crippen LogP contribution in [0.2, 0.25) is 5.02 Å². The van der Waals surface area contributed by atoms with E-state index in [1.165, 1.54) is 6.33 Å². The Hall–Kier alpha value is -3.12. The van der Waals surface area contributed by atoms with E-state index in [0.717, 1.165) is 11.3 Å². The van der Waals surface area contributed by atoms with Gasteiger partial charge in [0, 0.05) is 16.8 Å². The van der Waals surface area contributed by atoms with Gasteiger partial charge < -0.3 is 15.4 Å². The number of rotatable bonds is 6. The van der Waals surface area contributed by atoms with Crippen LogP contribution in [0.5, 0.6) is 0 Å². The molecule has 0 aliphatic carbocycles. The fourth-order valence-electron chi connectivity index (χ4n) is 2.52. The van der Waals surface area contributed by atoms with Gasteiger partial charge in [0.05, 0.1) is 17.9 Å². The van der Waals surface area contributed by atoms with Crippen LogP contribution < -0.4 is 10.6 Å². The largest absolute Gasteiger partial charge is 0.462 e. The molecule has 0 fully saturated rings. The maximum Gasteiger partial charge on any atom is 0.340 e. The molecule has 0 radical (unpaired) electrons. The number of anilines is 4. The molecule has 0 amide bonds. The van der Waals surface area contributed by atoms with Crippen molar-refractivity contribution in [2.24, 2.45) is 0 Å². The molecule has 0 atom stereocenters. The highest BCUT2D eigenvalue weighted by Crippen LogP contribution is 2.25. The van der Waals surface area contributed by atoms with E-state index in [1.54, 1.807) is 31.2 Å². The second-order valence-electron chi connectivity index (χ2n) is 5.76. The van der Waals surface area contributed by atoms with Crippen LogP contribution in [0.1, 0.15) is 22.8 Å². The number of hydrogen-bond donors (Lipinski definition) is 2. The molecule has 0 aliphatic rings. The van der Waals surface area contributed by atoms with E-state index in [9.17, 15) is 4.79 Å². The normalized spacial score (nSPS) is 10.3. The van der Waals surface area contributed by atoms with Gasteiger partial charge in [-0.3, -0.25) is 0 Å². The SMILES string of the molecule is CCOC(=O)c1ccccc1Nc1cc(Nc2ccc(Cl)cc2C)ncn1. The van der Waals surface area contributed by atoms with Crippen molar-refractivity contribution in [3.8, 4) is 0 Å². The number of hydrogen-bond acceptors (Lipinski definition) is 6. The highest BCUT2D eigenvalue weighted by Gasteiger charge is 2.12. The third kappa shape index (κ3) is 4.74. The molecular formula is C20H19ClN4O2. The van der Waals surface area contributed by atoms with E-state index in [4.69, 9.17) is 16.3 Å². The van der Waals surface area contributed by atoms with Crippen LogP contribution in [0.15, 0.2) is 54.9 Å². The Morgan fingerprint density at radius 1 is 1.04 bits per heavy atom. The number of nitrogens with one attached hydrogen (secondary N) is 2.